The average molecular weight is 240 g/mol. The fraction of sp³-hybridized carbons (Fsp3) is 0.250. The summed E-state index contributed by atoms with van der Waals surface area (Å²) in [5.41, 5.74) is 4.02. The molecule has 0 atom stereocenters. The molecule has 0 spiro atoms. The second kappa shape index (κ2) is 4.14. The predicted octanol–water partition coefficient (Wildman–Crippen LogP) is 4.78. The largest absolute Gasteiger partial charge is 0.355 e. The fourth-order valence-corrected chi connectivity index (χ4v) is 2.31. The SMILES string of the molecule is CC(C)(C)c1ccc2[nH]c3ccccc3c2c1.N. The first-order valence-corrected chi connectivity index (χ1v) is 6.07. The Morgan fingerprint density at radius 3 is 2.22 bits per heavy atom. The van der Waals surface area contributed by atoms with Crippen LogP contribution in [0.4, 0.5) is 0 Å². The van der Waals surface area contributed by atoms with Crippen LogP contribution in [0.2, 0.25) is 0 Å². The van der Waals surface area contributed by atoms with Crippen molar-refractivity contribution in [1.82, 2.24) is 11.1 Å². The molecular weight excluding hydrogens is 220 g/mol. The van der Waals surface area contributed by atoms with Crippen molar-refractivity contribution in [2.45, 2.75) is 26.2 Å². The molecule has 4 N–H and O–H groups in total. The first kappa shape index (κ1) is 12.7. The monoisotopic (exact) mass is 240 g/mol. The number of nitrogens with one attached hydrogen (secondary N) is 1. The highest BCUT2D eigenvalue weighted by Gasteiger charge is 2.14. The molecule has 3 rings (SSSR count). The first-order valence-electron chi connectivity index (χ1n) is 6.07. The number of rotatable bonds is 0. The molecule has 2 nitrogen and oxygen atoms in total. The molecule has 3 aromatic rings. The van der Waals surface area contributed by atoms with E-state index in [1.54, 1.807) is 0 Å². The Hall–Kier alpha value is -1.80. The Bertz CT molecular complexity index is 687. The molecule has 0 aliphatic heterocycles. The lowest BCUT2D eigenvalue weighted by atomic mass is 9.86. The molecule has 0 fully saturated rings. The van der Waals surface area contributed by atoms with Gasteiger partial charge < -0.3 is 11.1 Å². The lowest BCUT2D eigenvalue weighted by molar-refractivity contribution is 0.591. The molecule has 1 heterocycles. The summed E-state index contributed by atoms with van der Waals surface area (Å²) in [5, 5.41) is 2.64. The third-order valence-electron chi connectivity index (χ3n) is 3.37. The van der Waals surface area contributed by atoms with E-state index in [2.05, 4.69) is 68.2 Å². The first-order chi connectivity index (χ1) is 8.05. The molecule has 0 saturated heterocycles. The van der Waals surface area contributed by atoms with Gasteiger partial charge in [-0.25, -0.2) is 0 Å². The molecule has 2 heteroatoms. The van der Waals surface area contributed by atoms with Crippen LogP contribution in [-0.2, 0) is 5.41 Å². The van der Waals surface area contributed by atoms with Gasteiger partial charge in [0.05, 0.1) is 0 Å². The van der Waals surface area contributed by atoms with Crippen molar-refractivity contribution < 1.29 is 0 Å². The number of aromatic amines is 1. The van der Waals surface area contributed by atoms with Crippen molar-refractivity contribution in [3.8, 4) is 0 Å². The Labute approximate surface area is 108 Å². The third kappa shape index (κ3) is 1.89. The second-order valence-electron chi connectivity index (χ2n) is 5.68. The van der Waals surface area contributed by atoms with Gasteiger partial charge >= 0.3 is 0 Å². The summed E-state index contributed by atoms with van der Waals surface area (Å²) in [6, 6.07) is 15.2. The minimum atomic E-state index is 0. The lowest BCUT2D eigenvalue weighted by Crippen LogP contribution is -2.10. The zero-order chi connectivity index (χ0) is 12.0. The highest BCUT2D eigenvalue weighted by molar-refractivity contribution is 6.07. The van der Waals surface area contributed by atoms with Gasteiger partial charge in [-0.2, -0.15) is 0 Å². The summed E-state index contributed by atoms with van der Waals surface area (Å²) in [7, 11) is 0. The van der Waals surface area contributed by atoms with Crippen LogP contribution in [-0.4, -0.2) is 4.98 Å². The van der Waals surface area contributed by atoms with Gasteiger partial charge in [-0.05, 0) is 29.2 Å². The molecule has 0 aliphatic carbocycles. The zero-order valence-electron chi connectivity index (χ0n) is 11.2. The normalized spacial score (nSPS) is 11.7. The third-order valence-corrected chi connectivity index (χ3v) is 3.37. The quantitative estimate of drug-likeness (QED) is 0.583. The van der Waals surface area contributed by atoms with Gasteiger partial charge in [0.2, 0.25) is 0 Å². The van der Waals surface area contributed by atoms with E-state index in [0.29, 0.717) is 0 Å². The summed E-state index contributed by atoms with van der Waals surface area (Å²) in [6.45, 7) is 6.76. The maximum atomic E-state index is 3.46. The molecule has 0 amide bonds. The van der Waals surface area contributed by atoms with Crippen LogP contribution in [0.25, 0.3) is 21.8 Å². The van der Waals surface area contributed by atoms with Crippen LogP contribution in [0, 0.1) is 0 Å². The van der Waals surface area contributed by atoms with Crippen LogP contribution in [0.3, 0.4) is 0 Å². The Morgan fingerprint density at radius 2 is 1.50 bits per heavy atom. The Kier molecular flexibility index (Phi) is 2.91. The molecule has 0 bridgehead atoms. The zero-order valence-corrected chi connectivity index (χ0v) is 11.2. The standard InChI is InChI=1S/C16H17N.H3N/c1-16(2,3)11-8-9-15-13(10-11)12-6-4-5-7-14(12)17-15;/h4-10,17H,1-3H3;1H3. The fourth-order valence-electron chi connectivity index (χ4n) is 2.31. The van der Waals surface area contributed by atoms with E-state index in [1.807, 2.05) is 0 Å². The molecule has 2 aromatic carbocycles. The highest BCUT2D eigenvalue weighted by Crippen LogP contribution is 2.30. The van der Waals surface area contributed by atoms with Gasteiger partial charge in [-0.15, -0.1) is 0 Å². The topological polar surface area (TPSA) is 50.8 Å². The van der Waals surface area contributed by atoms with Crippen molar-refractivity contribution in [1.29, 1.82) is 0 Å². The van der Waals surface area contributed by atoms with E-state index in [-0.39, 0.29) is 11.6 Å². The van der Waals surface area contributed by atoms with E-state index in [9.17, 15) is 0 Å². The van der Waals surface area contributed by atoms with Gasteiger partial charge in [0.15, 0.2) is 0 Å². The Balaban J connectivity index is 0.00000120. The molecule has 18 heavy (non-hydrogen) atoms. The van der Waals surface area contributed by atoms with Crippen molar-refractivity contribution >= 4 is 21.8 Å². The number of hydrogen-bond donors (Lipinski definition) is 2. The summed E-state index contributed by atoms with van der Waals surface area (Å²) in [4.78, 5) is 3.46. The Morgan fingerprint density at radius 1 is 0.833 bits per heavy atom. The molecule has 0 aliphatic rings. The summed E-state index contributed by atoms with van der Waals surface area (Å²) in [5.74, 6) is 0. The van der Waals surface area contributed by atoms with Gasteiger partial charge in [-0.3, -0.25) is 0 Å². The van der Waals surface area contributed by atoms with E-state index in [1.165, 1.54) is 27.4 Å². The molecular formula is C16H20N2. The second-order valence-corrected chi connectivity index (χ2v) is 5.68. The molecule has 1 aromatic heterocycles. The number of para-hydroxylation sites is 1. The molecule has 0 saturated carbocycles. The molecule has 94 valence electrons. The van der Waals surface area contributed by atoms with Crippen molar-refractivity contribution in [3.63, 3.8) is 0 Å². The number of hydrogen-bond acceptors (Lipinski definition) is 1. The van der Waals surface area contributed by atoms with Gasteiger partial charge in [0, 0.05) is 21.8 Å². The molecule has 0 radical (unpaired) electrons. The maximum absolute atomic E-state index is 3.46. The predicted molar refractivity (Wildman–Crippen MR) is 79.5 cm³/mol. The number of H-pyrrole nitrogens is 1. The minimum Gasteiger partial charge on any atom is -0.355 e. The summed E-state index contributed by atoms with van der Waals surface area (Å²) >= 11 is 0. The van der Waals surface area contributed by atoms with Crippen molar-refractivity contribution in [2.75, 3.05) is 0 Å². The van der Waals surface area contributed by atoms with Crippen LogP contribution < -0.4 is 6.15 Å². The lowest BCUT2D eigenvalue weighted by Gasteiger charge is -2.18. The van der Waals surface area contributed by atoms with E-state index in [4.69, 9.17) is 0 Å². The van der Waals surface area contributed by atoms with Crippen molar-refractivity contribution in [3.05, 3.63) is 48.0 Å². The van der Waals surface area contributed by atoms with E-state index in [0.717, 1.165) is 0 Å². The smallest absolute Gasteiger partial charge is 0.0465 e. The van der Waals surface area contributed by atoms with Crippen LogP contribution >= 0.6 is 0 Å². The number of fused-ring (bicyclic) bond motifs is 3. The van der Waals surface area contributed by atoms with Gasteiger partial charge in [-0.1, -0.05) is 45.0 Å². The van der Waals surface area contributed by atoms with Crippen LogP contribution in [0.15, 0.2) is 42.5 Å². The number of aromatic nitrogens is 1. The van der Waals surface area contributed by atoms with E-state index < -0.39 is 0 Å². The van der Waals surface area contributed by atoms with E-state index >= 15 is 0 Å². The van der Waals surface area contributed by atoms with Crippen molar-refractivity contribution in [2.24, 2.45) is 0 Å². The minimum absolute atomic E-state index is 0. The summed E-state index contributed by atoms with van der Waals surface area (Å²) < 4.78 is 0. The van der Waals surface area contributed by atoms with Crippen LogP contribution in [0.5, 0.6) is 0 Å². The molecule has 0 unspecified atom stereocenters. The summed E-state index contributed by atoms with van der Waals surface area (Å²) in [6.07, 6.45) is 0. The number of benzene rings is 2. The maximum Gasteiger partial charge on any atom is 0.0465 e. The van der Waals surface area contributed by atoms with Gasteiger partial charge in [0.1, 0.15) is 0 Å². The highest BCUT2D eigenvalue weighted by atomic mass is 14.7. The van der Waals surface area contributed by atoms with Gasteiger partial charge in [0.25, 0.3) is 0 Å². The van der Waals surface area contributed by atoms with Crippen LogP contribution in [0.1, 0.15) is 26.3 Å². The average Bonchev–Trinajstić information content (AvgIpc) is 2.65.